The van der Waals surface area contributed by atoms with Crippen molar-refractivity contribution in [3.05, 3.63) is 18.2 Å². The summed E-state index contributed by atoms with van der Waals surface area (Å²) in [6.07, 6.45) is -1.67. The van der Waals surface area contributed by atoms with Crippen LogP contribution in [0.5, 0.6) is 5.75 Å². The van der Waals surface area contributed by atoms with Crippen LogP contribution in [0.3, 0.4) is 0 Å². The van der Waals surface area contributed by atoms with Gasteiger partial charge in [-0.15, -0.1) is 0 Å². The first-order valence-corrected chi connectivity index (χ1v) is 7.36. The van der Waals surface area contributed by atoms with E-state index in [1.165, 1.54) is 9.80 Å². The number of anilines is 2. The molecule has 1 fully saturated rings. The monoisotopic (exact) mass is 337 g/mol. The number of halogens is 1. The number of likely N-dealkylation sites (N-methyl/N-ethyl adjacent to an activating group) is 1. The lowest BCUT2D eigenvalue weighted by Crippen LogP contribution is -2.38. The minimum Gasteiger partial charge on any atom is -0.481 e. The lowest BCUT2D eigenvalue weighted by molar-refractivity contribution is -0.127. The van der Waals surface area contributed by atoms with Crippen molar-refractivity contribution in [3.8, 4) is 5.75 Å². The van der Waals surface area contributed by atoms with Crippen LogP contribution in [0.25, 0.3) is 0 Å². The van der Waals surface area contributed by atoms with E-state index in [1.807, 2.05) is 0 Å². The number of alkyl halides is 1. The topological polar surface area (TPSA) is 88.2 Å². The Hall–Kier alpha value is -2.84. The summed E-state index contributed by atoms with van der Waals surface area (Å²) >= 11 is 0. The Labute approximate surface area is 137 Å². The molecule has 8 nitrogen and oxygen atoms in total. The Morgan fingerprint density at radius 2 is 2.21 bits per heavy atom. The van der Waals surface area contributed by atoms with Crippen LogP contribution in [0.4, 0.5) is 20.6 Å². The van der Waals surface area contributed by atoms with Gasteiger partial charge in [-0.25, -0.2) is 9.18 Å². The van der Waals surface area contributed by atoms with Crippen molar-refractivity contribution in [1.29, 1.82) is 0 Å². The van der Waals surface area contributed by atoms with Gasteiger partial charge < -0.3 is 19.7 Å². The molecule has 2 aliphatic heterocycles. The number of carbonyl (C=O) groups is 3. The number of nitrogens with zero attached hydrogens (tertiary/aromatic N) is 2. The summed E-state index contributed by atoms with van der Waals surface area (Å²) in [6, 6.07) is 4.91. The lowest BCUT2D eigenvalue weighted by atomic mass is 10.2. The third-order valence-electron chi connectivity index (χ3n) is 3.84. The number of nitrogens with one attached hydrogen (secondary N) is 1. The molecule has 0 aromatic heterocycles. The van der Waals surface area contributed by atoms with Crippen LogP contribution in [0.15, 0.2) is 18.2 Å². The third kappa shape index (κ3) is 2.84. The van der Waals surface area contributed by atoms with E-state index in [0.717, 1.165) is 0 Å². The van der Waals surface area contributed by atoms with E-state index in [4.69, 9.17) is 9.47 Å². The Kier molecular flexibility index (Phi) is 4.24. The number of hydrogen-bond acceptors (Lipinski definition) is 5. The fourth-order valence-corrected chi connectivity index (χ4v) is 2.53. The lowest BCUT2D eigenvalue weighted by Gasteiger charge is -2.27. The molecular weight excluding hydrogens is 321 g/mol. The number of rotatable bonds is 4. The number of fused-ring (bicyclic) bond motifs is 1. The molecule has 1 saturated heterocycles. The van der Waals surface area contributed by atoms with Crippen molar-refractivity contribution >= 4 is 29.3 Å². The van der Waals surface area contributed by atoms with Gasteiger partial charge in [0.05, 0.1) is 17.9 Å². The highest BCUT2D eigenvalue weighted by atomic mass is 19.1. The number of cyclic esters (lactones) is 1. The van der Waals surface area contributed by atoms with Gasteiger partial charge in [0.1, 0.15) is 12.4 Å². The van der Waals surface area contributed by atoms with Crippen LogP contribution in [-0.2, 0) is 14.3 Å². The Morgan fingerprint density at radius 3 is 2.96 bits per heavy atom. The average Bonchev–Trinajstić information content (AvgIpc) is 2.97. The van der Waals surface area contributed by atoms with Crippen molar-refractivity contribution < 1.29 is 28.2 Å². The fraction of sp³-hybridized carbons (Fsp3) is 0.400. The van der Waals surface area contributed by atoms with Gasteiger partial charge in [0.2, 0.25) is 0 Å². The predicted molar refractivity (Wildman–Crippen MR) is 81.9 cm³/mol. The van der Waals surface area contributed by atoms with E-state index in [2.05, 4.69) is 5.32 Å². The summed E-state index contributed by atoms with van der Waals surface area (Å²) in [5.41, 5.74) is 1.09. The Balaban J connectivity index is 1.76. The molecule has 0 unspecified atom stereocenters. The summed E-state index contributed by atoms with van der Waals surface area (Å²) < 4.78 is 22.5. The molecule has 0 bridgehead atoms. The molecule has 1 N–H and O–H groups in total. The number of amides is 3. The van der Waals surface area contributed by atoms with E-state index >= 15 is 0 Å². The quantitative estimate of drug-likeness (QED) is 0.862. The molecule has 2 heterocycles. The normalized spacial score (nSPS) is 19.7. The maximum atomic E-state index is 12.1. The second-order valence-electron chi connectivity index (χ2n) is 5.36. The molecule has 1 atom stereocenters. The molecule has 0 aliphatic carbocycles. The second-order valence-corrected chi connectivity index (χ2v) is 5.36. The first-order valence-electron chi connectivity index (χ1n) is 7.36. The van der Waals surface area contributed by atoms with E-state index < -0.39 is 24.8 Å². The van der Waals surface area contributed by atoms with Gasteiger partial charge in [-0.3, -0.25) is 14.5 Å². The summed E-state index contributed by atoms with van der Waals surface area (Å²) in [4.78, 5) is 38.1. The van der Waals surface area contributed by atoms with Crippen LogP contribution < -0.4 is 19.9 Å². The summed E-state index contributed by atoms with van der Waals surface area (Å²) in [6.45, 7) is -0.874. The van der Waals surface area contributed by atoms with Gasteiger partial charge in [-0.1, -0.05) is 0 Å². The zero-order chi connectivity index (χ0) is 17.3. The first-order chi connectivity index (χ1) is 11.5. The van der Waals surface area contributed by atoms with Crippen molar-refractivity contribution in [1.82, 2.24) is 5.32 Å². The molecular formula is C15H16FN3O5. The Bertz CT molecular complexity index is 696. The van der Waals surface area contributed by atoms with Gasteiger partial charge in [-0.2, -0.15) is 0 Å². The van der Waals surface area contributed by atoms with E-state index in [0.29, 0.717) is 17.1 Å². The minimum atomic E-state index is -0.995. The number of hydrogen-bond donors (Lipinski definition) is 1. The molecule has 0 saturated carbocycles. The predicted octanol–water partition coefficient (Wildman–Crippen LogP) is 0.453. The van der Waals surface area contributed by atoms with Crippen LogP contribution in [0, 0.1) is 0 Å². The van der Waals surface area contributed by atoms with Crippen molar-refractivity contribution in [2.75, 3.05) is 43.2 Å². The molecule has 3 rings (SSSR count). The number of benzene rings is 1. The molecule has 0 radical (unpaired) electrons. The number of carbonyl (C=O) groups excluding carboxylic acids is 3. The molecule has 24 heavy (non-hydrogen) atoms. The molecule has 0 spiro atoms. The molecule has 1 aromatic rings. The van der Waals surface area contributed by atoms with Crippen LogP contribution in [0.1, 0.15) is 0 Å². The molecule has 9 heteroatoms. The molecule has 2 aliphatic rings. The zero-order valence-electron chi connectivity index (χ0n) is 13.0. The van der Waals surface area contributed by atoms with Gasteiger partial charge >= 0.3 is 6.09 Å². The largest absolute Gasteiger partial charge is 0.481 e. The van der Waals surface area contributed by atoms with Gasteiger partial charge in [0.25, 0.3) is 11.8 Å². The number of ether oxygens (including phenoxy) is 2. The highest BCUT2D eigenvalue weighted by molar-refractivity contribution is 5.99. The maximum Gasteiger partial charge on any atom is 0.415 e. The summed E-state index contributed by atoms with van der Waals surface area (Å²) in [5.74, 6) is -0.240. The summed E-state index contributed by atoms with van der Waals surface area (Å²) in [7, 11) is 1.64. The molecule has 128 valence electrons. The van der Waals surface area contributed by atoms with Gasteiger partial charge in [0, 0.05) is 19.7 Å². The highest BCUT2D eigenvalue weighted by Crippen LogP contribution is 2.35. The Morgan fingerprint density at radius 1 is 1.42 bits per heavy atom. The average molecular weight is 337 g/mol. The van der Waals surface area contributed by atoms with Gasteiger partial charge in [0.15, 0.2) is 12.7 Å². The smallest absolute Gasteiger partial charge is 0.415 e. The van der Waals surface area contributed by atoms with E-state index in [1.54, 1.807) is 25.2 Å². The maximum absolute atomic E-state index is 12.1. The fourth-order valence-electron chi connectivity index (χ4n) is 2.53. The van der Waals surface area contributed by atoms with Crippen molar-refractivity contribution in [3.63, 3.8) is 0 Å². The first kappa shape index (κ1) is 16.0. The van der Waals surface area contributed by atoms with Crippen LogP contribution in [-0.4, -0.2) is 57.4 Å². The highest BCUT2D eigenvalue weighted by Gasteiger charge is 2.37. The van der Waals surface area contributed by atoms with Crippen LogP contribution in [0.2, 0.25) is 0 Å². The summed E-state index contributed by atoms with van der Waals surface area (Å²) in [5, 5.41) is 2.34. The minimum absolute atomic E-state index is 0.0184. The molecule has 3 amide bonds. The van der Waals surface area contributed by atoms with Gasteiger partial charge in [-0.05, 0) is 12.1 Å². The zero-order valence-corrected chi connectivity index (χ0v) is 13.0. The standard InChI is InChI=1S/C15H16FN3O5/c1-18-10-3-2-9(6-11(10)23-8-13(18)20)19-7-12(24-15(19)22)14(21)17-5-4-16/h2-3,6,12H,4-5,7-8H2,1H3,(H,17,21)/t12-/m1/s1. The van der Waals surface area contributed by atoms with Crippen LogP contribution >= 0.6 is 0 Å². The molecule has 1 aromatic carbocycles. The van der Waals surface area contributed by atoms with E-state index in [-0.39, 0.29) is 25.6 Å². The van der Waals surface area contributed by atoms with Crippen molar-refractivity contribution in [2.45, 2.75) is 6.10 Å². The van der Waals surface area contributed by atoms with E-state index in [9.17, 15) is 18.8 Å². The van der Waals surface area contributed by atoms with Crippen molar-refractivity contribution in [2.24, 2.45) is 0 Å². The second kappa shape index (κ2) is 6.34. The SMILES string of the molecule is CN1C(=O)COc2cc(N3C[C@H](C(=O)NCCF)OC3=O)ccc21. The third-order valence-corrected chi connectivity index (χ3v) is 3.84.